The Morgan fingerprint density at radius 1 is 0.645 bits per heavy atom. The fourth-order valence-corrected chi connectivity index (χ4v) is 3.73. The lowest BCUT2D eigenvalue weighted by atomic mass is 10.0. The van der Waals surface area contributed by atoms with E-state index >= 15 is 0 Å². The maximum Gasteiger partial charge on any atom is 0.343 e. The Morgan fingerprint density at radius 3 is 1.81 bits per heavy atom. The fourth-order valence-electron chi connectivity index (χ4n) is 3.73. The van der Waals surface area contributed by atoms with Gasteiger partial charge >= 0.3 is 5.97 Å². The summed E-state index contributed by atoms with van der Waals surface area (Å²) in [5.41, 5.74) is 5.43. The van der Waals surface area contributed by atoms with Crippen LogP contribution in [0.5, 0.6) is 5.75 Å². The van der Waals surface area contributed by atoms with Crippen molar-refractivity contribution in [2.24, 2.45) is 0 Å². The molecule has 0 aliphatic carbocycles. The molecule has 0 unspecified atom stereocenters. The third kappa shape index (κ3) is 7.10. The van der Waals surface area contributed by atoms with Gasteiger partial charge in [-0.25, -0.2) is 4.79 Å². The van der Waals surface area contributed by atoms with Gasteiger partial charge in [0.1, 0.15) is 5.75 Å². The Balaban J connectivity index is 1.50. The Labute approximate surface area is 187 Å². The SMILES string of the molecule is CCCCCCCCc1ccc(OC(=O)c2ccc(-c3ccc(CC)cc3)cc2)cc1. The van der Waals surface area contributed by atoms with Crippen LogP contribution in [0.15, 0.2) is 72.8 Å². The lowest BCUT2D eigenvalue weighted by Gasteiger charge is -2.07. The van der Waals surface area contributed by atoms with Crippen LogP contribution in [0.25, 0.3) is 11.1 Å². The first-order chi connectivity index (χ1) is 15.2. The second-order valence-electron chi connectivity index (χ2n) is 8.18. The van der Waals surface area contributed by atoms with Crippen LogP contribution in [-0.2, 0) is 12.8 Å². The Kier molecular flexibility index (Phi) is 8.90. The highest BCUT2D eigenvalue weighted by Crippen LogP contribution is 2.22. The van der Waals surface area contributed by atoms with Crippen molar-refractivity contribution in [2.75, 3.05) is 0 Å². The number of hydrogen-bond acceptors (Lipinski definition) is 2. The summed E-state index contributed by atoms with van der Waals surface area (Å²) >= 11 is 0. The van der Waals surface area contributed by atoms with E-state index in [4.69, 9.17) is 4.74 Å². The molecule has 2 nitrogen and oxygen atoms in total. The summed E-state index contributed by atoms with van der Waals surface area (Å²) in [4.78, 5) is 12.5. The molecule has 0 atom stereocenters. The number of esters is 1. The van der Waals surface area contributed by atoms with Crippen molar-refractivity contribution in [2.45, 2.75) is 65.2 Å². The molecule has 0 aliphatic heterocycles. The molecule has 31 heavy (non-hydrogen) atoms. The topological polar surface area (TPSA) is 26.3 Å². The number of hydrogen-bond donors (Lipinski definition) is 0. The zero-order valence-electron chi connectivity index (χ0n) is 18.9. The van der Waals surface area contributed by atoms with Crippen LogP contribution in [0.4, 0.5) is 0 Å². The molecule has 2 heteroatoms. The highest BCUT2D eigenvalue weighted by molar-refractivity contribution is 5.91. The van der Waals surface area contributed by atoms with E-state index in [0.717, 1.165) is 24.0 Å². The van der Waals surface area contributed by atoms with E-state index in [0.29, 0.717) is 11.3 Å². The van der Waals surface area contributed by atoms with Crippen molar-refractivity contribution in [1.82, 2.24) is 0 Å². The lowest BCUT2D eigenvalue weighted by molar-refractivity contribution is 0.0734. The van der Waals surface area contributed by atoms with E-state index in [2.05, 4.69) is 50.2 Å². The highest BCUT2D eigenvalue weighted by Gasteiger charge is 2.09. The predicted molar refractivity (Wildman–Crippen MR) is 130 cm³/mol. The van der Waals surface area contributed by atoms with Crippen LogP contribution in [0, 0.1) is 0 Å². The molecular weight excluding hydrogens is 380 g/mol. The molecule has 0 saturated heterocycles. The van der Waals surface area contributed by atoms with Crippen LogP contribution in [0.1, 0.15) is 73.9 Å². The number of carbonyl (C=O) groups excluding carboxylic acids is 1. The minimum atomic E-state index is -0.323. The fraction of sp³-hybridized carbons (Fsp3) is 0.345. The van der Waals surface area contributed by atoms with Gasteiger partial charge < -0.3 is 4.74 Å². The van der Waals surface area contributed by atoms with Crippen LogP contribution in [0.2, 0.25) is 0 Å². The minimum absolute atomic E-state index is 0.323. The molecular formula is C29H34O2. The number of ether oxygens (including phenoxy) is 1. The summed E-state index contributed by atoms with van der Waals surface area (Å²) in [6.45, 7) is 4.40. The van der Waals surface area contributed by atoms with Crippen molar-refractivity contribution >= 4 is 5.97 Å². The van der Waals surface area contributed by atoms with Crippen molar-refractivity contribution in [1.29, 1.82) is 0 Å². The maximum atomic E-state index is 12.5. The number of rotatable bonds is 11. The molecule has 0 amide bonds. The van der Waals surface area contributed by atoms with Crippen LogP contribution >= 0.6 is 0 Å². The predicted octanol–water partition coefficient (Wildman–Crippen LogP) is 8.04. The average Bonchev–Trinajstić information content (AvgIpc) is 2.82. The van der Waals surface area contributed by atoms with Crippen molar-refractivity contribution in [3.63, 3.8) is 0 Å². The zero-order valence-corrected chi connectivity index (χ0v) is 18.9. The standard InChI is InChI=1S/C29H34O2/c1-3-5-6-7-8-9-10-24-13-21-28(22-14-24)31-29(30)27-19-17-26(18-20-27)25-15-11-23(4-2)12-16-25/h11-22H,3-10H2,1-2H3. The van der Waals surface area contributed by atoms with E-state index in [-0.39, 0.29) is 5.97 Å². The van der Waals surface area contributed by atoms with E-state index in [1.54, 1.807) is 0 Å². The summed E-state index contributed by atoms with van der Waals surface area (Å²) in [6, 6.07) is 24.1. The van der Waals surface area contributed by atoms with Gasteiger partial charge in [0, 0.05) is 0 Å². The summed E-state index contributed by atoms with van der Waals surface area (Å²) in [6.07, 6.45) is 9.92. The molecule has 0 heterocycles. The van der Waals surface area contributed by atoms with Gasteiger partial charge in [0.2, 0.25) is 0 Å². The van der Waals surface area contributed by atoms with Crippen LogP contribution in [-0.4, -0.2) is 5.97 Å². The third-order valence-electron chi connectivity index (χ3n) is 5.77. The number of benzene rings is 3. The molecule has 162 valence electrons. The molecule has 3 rings (SSSR count). The van der Waals surface area contributed by atoms with Crippen molar-refractivity contribution < 1.29 is 9.53 Å². The molecule has 3 aromatic carbocycles. The first kappa shape index (κ1) is 22.8. The Morgan fingerprint density at radius 2 is 1.19 bits per heavy atom. The van der Waals surface area contributed by atoms with Crippen molar-refractivity contribution in [3.05, 3.63) is 89.5 Å². The second kappa shape index (κ2) is 12.1. The Hall–Kier alpha value is -2.87. The normalized spacial score (nSPS) is 10.8. The van der Waals surface area contributed by atoms with Gasteiger partial charge in [-0.1, -0.05) is 94.5 Å². The molecule has 0 spiro atoms. The largest absolute Gasteiger partial charge is 0.423 e. The van der Waals surface area contributed by atoms with Gasteiger partial charge in [0.05, 0.1) is 5.56 Å². The van der Waals surface area contributed by atoms with Crippen molar-refractivity contribution in [3.8, 4) is 16.9 Å². The summed E-state index contributed by atoms with van der Waals surface area (Å²) in [5, 5.41) is 0. The molecule has 0 aliphatic rings. The van der Waals surface area contributed by atoms with E-state index in [9.17, 15) is 4.79 Å². The van der Waals surface area contributed by atoms with Gasteiger partial charge in [-0.2, -0.15) is 0 Å². The summed E-state index contributed by atoms with van der Waals surface area (Å²) in [5.74, 6) is 0.271. The van der Waals surface area contributed by atoms with Crippen LogP contribution < -0.4 is 4.74 Å². The lowest BCUT2D eigenvalue weighted by Crippen LogP contribution is -2.08. The second-order valence-corrected chi connectivity index (χ2v) is 8.18. The smallest absolute Gasteiger partial charge is 0.343 e. The third-order valence-corrected chi connectivity index (χ3v) is 5.77. The highest BCUT2D eigenvalue weighted by atomic mass is 16.5. The average molecular weight is 415 g/mol. The monoisotopic (exact) mass is 414 g/mol. The van der Waals surface area contributed by atoms with E-state index in [1.807, 2.05) is 36.4 Å². The minimum Gasteiger partial charge on any atom is -0.423 e. The molecule has 0 radical (unpaired) electrons. The molecule has 0 fully saturated rings. The molecule has 0 N–H and O–H groups in total. The number of carbonyl (C=O) groups is 1. The molecule has 0 saturated carbocycles. The molecule has 0 bridgehead atoms. The summed E-state index contributed by atoms with van der Waals surface area (Å²) < 4.78 is 5.56. The van der Waals surface area contributed by atoms with Gasteiger partial charge in [-0.05, 0) is 65.8 Å². The number of unbranched alkanes of at least 4 members (excludes halogenated alkanes) is 5. The zero-order chi connectivity index (χ0) is 21.9. The quantitative estimate of drug-likeness (QED) is 0.180. The van der Waals surface area contributed by atoms with Gasteiger partial charge in [-0.15, -0.1) is 0 Å². The molecule has 3 aromatic rings. The Bertz CT molecular complexity index is 922. The van der Waals surface area contributed by atoms with Gasteiger partial charge in [0.15, 0.2) is 0 Å². The summed E-state index contributed by atoms with van der Waals surface area (Å²) in [7, 11) is 0. The first-order valence-corrected chi connectivity index (χ1v) is 11.7. The first-order valence-electron chi connectivity index (χ1n) is 11.7. The maximum absolute atomic E-state index is 12.5. The van der Waals surface area contributed by atoms with Gasteiger partial charge in [0.25, 0.3) is 0 Å². The van der Waals surface area contributed by atoms with Gasteiger partial charge in [-0.3, -0.25) is 0 Å². The van der Waals surface area contributed by atoms with E-state index in [1.165, 1.54) is 49.7 Å². The van der Waals surface area contributed by atoms with Crippen LogP contribution in [0.3, 0.4) is 0 Å². The molecule has 0 aromatic heterocycles. The number of aryl methyl sites for hydroxylation is 2. The van der Waals surface area contributed by atoms with E-state index < -0.39 is 0 Å².